The van der Waals surface area contributed by atoms with Gasteiger partial charge in [0, 0.05) is 68.8 Å². The van der Waals surface area contributed by atoms with Crippen molar-refractivity contribution in [2.24, 2.45) is 28.6 Å². The number of carbonyl (C=O) groups excluding carboxylic acids is 6. The maximum atomic E-state index is 14.1. The number of carbonyl (C=O) groups is 6. The smallest absolute Gasteiger partial charge is 0.331 e. The number of hydrogen-bond donors (Lipinski definition) is 1. The lowest BCUT2D eigenvalue weighted by Crippen LogP contribution is -2.80. The van der Waals surface area contributed by atoms with Crippen molar-refractivity contribution in [3.8, 4) is 0 Å². The van der Waals surface area contributed by atoms with Crippen molar-refractivity contribution in [2.75, 3.05) is 13.2 Å². The van der Waals surface area contributed by atoms with E-state index in [1.54, 1.807) is 19.9 Å². The van der Waals surface area contributed by atoms with Crippen LogP contribution in [0.15, 0.2) is 48.6 Å². The molecule has 13 heteroatoms. The summed E-state index contributed by atoms with van der Waals surface area (Å²) in [4.78, 5) is 78.7. The Labute approximate surface area is 296 Å². The molecule has 4 aliphatic rings. The zero-order chi connectivity index (χ0) is 37.7. The van der Waals surface area contributed by atoms with Crippen molar-refractivity contribution in [1.29, 1.82) is 0 Å². The van der Waals surface area contributed by atoms with E-state index in [1.807, 2.05) is 30.3 Å². The molecule has 3 saturated carbocycles. The van der Waals surface area contributed by atoms with Gasteiger partial charge in [-0.25, -0.2) is 4.79 Å². The van der Waals surface area contributed by atoms with Crippen LogP contribution in [0, 0.1) is 28.6 Å². The summed E-state index contributed by atoms with van der Waals surface area (Å²) in [5, 5.41) is 13.1. The Bertz CT molecular complexity index is 1650. The molecule has 1 saturated heterocycles. The van der Waals surface area contributed by atoms with Crippen molar-refractivity contribution in [3.63, 3.8) is 0 Å². The van der Waals surface area contributed by atoms with Crippen molar-refractivity contribution >= 4 is 41.7 Å². The minimum absolute atomic E-state index is 0.0194. The van der Waals surface area contributed by atoms with Gasteiger partial charge in [0.15, 0.2) is 17.5 Å². The molecule has 1 heterocycles. The first-order valence-electron chi connectivity index (χ1n) is 17.0. The first-order chi connectivity index (χ1) is 23.8. The van der Waals surface area contributed by atoms with Crippen LogP contribution in [0.2, 0.25) is 0 Å². The topological polar surface area (TPSA) is 178 Å². The highest BCUT2D eigenvalue weighted by Crippen LogP contribution is 2.68. The Kier molecular flexibility index (Phi) is 10.1. The number of ketones is 1. The van der Waals surface area contributed by atoms with Crippen LogP contribution in [-0.2, 0) is 57.2 Å². The molecule has 5 rings (SSSR count). The number of hydrogen-bond acceptors (Lipinski definition) is 13. The Morgan fingerprint density at radius 2 is 1.51 bits per heavy atom. The number of ether oxygens (including phenoxy) is 6. The molecule has 11 atom stereocenters. The fourth-order valence-corrected chi connectivity index (χ4v) is 9.24. The molecule has 0 aromatic heterocycles. The fourth-order valence-electron chi connectivity index (χ4n) is 9.24. The first kappa shape index (κ1) is 37.9. The summed E-state index contributed by atoms with van der Waals surface area (Å²) in [7, 11) is 0. The molecule has 0 amide bonds. The molecule has 276 valence electrons. The third kappa shape index (κ3) is 6.18. The van der Waals surface area contributed by atoms with Gasteiger partial charge in [0.2, 0.25) is 0 Å². The average molecular weight is 711 g/mol. The third-order valence-corrected chi connectivity index (χ3v) is 11.7. The summed E-state index contributed by atoms with van der Waals surface area (Å²) in [6.45, 7) is 13.3. The maximum Gasteiger partial charge on any atom is 0.331 e. The number of benzene rings is 1. The molecular weight excluding hydrogens is 664 g/mol. The zero-order valence-corrected chi connectivity index (χ0v) is 30.0. The molecule has 4 fully saturated rings. The molecule has 0 unspecified atom stereocenters. The van der Waals surface area contributed by atoms with Gasteiger partial charge in [0.25, 0.3) is 0 Å². The highest BCUT2D eigenvalue weighted by atomic mass is 16.6. The van der Waals surface area contributed by atoms with Crippen LogP contribution in [0.3, 0.4) is 0 Å². The second kappa shape index (κ2) is 13.6. The van der Waals surface area contributed by atoms with Gasteiger partial charge in [0.05, 0.1) is 13.2 Å². The van der Waals surface area contributed by atoms with Gasteiger partial charge in [-0.3, -0.25) is 24.0 Å². The van der Waals surface area contributed by atoms with Crippen molar-refractivity contribution < 1.29 is 62.3 Å². The predicted molar refractivity (Wildman–Crippen MR) is 178 cm³/mol. The Morgan fingerprint density at radius 3 is 2.10 bits per heavy atom. The number of Topliss-reactive ketones (excluding diaryl/α,β-unsaturated/α-hetero) is 1. The summed E-state index contributed by atoms with van der Waals surface area (Å²) < 4.78 is 35.9. The van der Waals surface area contributed by atoms with Gasteiger partial charge in [-0.05, 0) is 30.6 Å². The predicted octanol–water partition coefficient (Wildman–Crippen LogP) is 3.30. The van der Waals surface area contributed by atoms with Crippen LogP contribution in [-0.4, -0.2) is 89.6 Å². The molecule has 51 heavy (non-hydrogen) atoms. The average Bonchev–Trinajstić information content (AvgIpc) is 3.19. The second-order valence-electron chi connectivity index (χ2n) is 14.7. The first-order valence-corrected chi connectivity index (χ1v) is 17.0. The van der Waals surface area contributed by atoms with Crippen molar-refractivity contribution in [1.82, 2.24) is 0 Å². The molecule has 0 spiro atoms. The van der Waals surface area contributed by atoms with E-state index in [-0.39, 0.29) is 31.6 Å². The number of fused-ring (bicyclic) bond motifs is 1. The molecule has 3 aliphatic carbocycles. The van der Waals surface area contributed by atoms with Gasteiger partial charge in [-0.15, -0.1) is 0 Å². The molecule has 1 aliphatic heterocycles. The van der Waals surface area contributed by atoms with E-state index in [1.165, 1.54) is 26.8 Å². The van der Waals surface area contributed by atoms with Gasteiger partial charge in [-0.1, -0.05) is 50.8 Å². The molecule has 13 nitrogen and oxygen atoms in total. The molecule has 0 radical (unpaired) electrons. The number of esters is 5. The van der Waals surface area contributed by atoms with Crippen molar-refractivity contribution in [2.45, 2.75) is 96.9 Å². The summed E-state index contributed by atoms with van der Waals surface area (Å²) in [6.07, 6.45) is -2.96. The minimum Gasteiger partial charge on any atom is -0.466 e. The van der Waals surface area contributed by atoms with Crippen molar-refractivity contribution in [3.05, 3.63) is 54.1 Å². The molecule has 1 aromatic carbocycles. The zero-order valence-electron chi connectivity index (χ0n) is 30.0. The Balaban J connectivity index is 1.76. The standard InChI is InChI=1S/C38H46O13/c1-20-28(51-30(44)15-14-25-12-10-9-11-13-25)16-26(18-46-21(2)39)36(7)31(20)32(48-22(3)40)27-17-29(43)37(8)38(45,35(27,6)19-47-37)34(50-24(5)42)33(36)49-23(4)41/h9-15,26-28,31-34,45H,1,16-19H2,2-8H3/t26-,27+,28+,31+,32-,33+,34+,35+,36-,37-,38+/m1/s1. The lowest BCUT2D eigenvalue weighted by atomic mass is 9.43. The molecular formula is C38H46O13. The quantitative estimate of drug-likeness (QED) is 0.180. The van der Waals surface area contributed by atoms with Crippen LogP contribution in [0.1, 0.15) is 66.9 Å². The third-order valence-electron chi connectivity index (χ3n) is 11.7. The van der Waals surface area contributed by atoms with Gasteiger partial charge in [-0.2, -0.15) is 0 Å². The van der Waals surface area contributed by atoms with E-state index >= 15 is 0 Å². The highest BCUT2D eigenvalue weighted by molar-refractivity contribution is 5.91. The van der Waals surface area contributed by atoms with Gasteiger partial charge < -0.3 is 33.5 Å². The second-order valence-corrected chi connectivity index (χ2v) is 14.7. The van der Waals surface area contributed by atoms with E-state index in [9.17, 15) is 33.9 Å². The highest BCUT2D eigenvalue weighted by Gasteiger charge is 2.82. The molecule has 1 aromatic rings. The molecule has 1 N–H and O–H groups in total. The van der Waals surface area contributed by atoms with E-state index < -0.39 is 99.8 Å². The normalized spacial score (nSPS) is 38.5. The van der Waals surface area contributed by atoms with E-state index in [0.717, 1.165) is 19.4 Å². The largest absolute Gasteiger partial charge is 0.466 e. The summed E-state index contributed by atoms with van der Waals surface area (Å²) in [5.41, 5.74) is -6.19. The lowest BCUT2D eigenvalue weighted by molar-refractivity contribution is -0.292. The lowest BCUT2D eigenvalue weighted by Gasteiger charge is -2.65. The Hall–Kier alpha value is -4.36. The number of aliphatic hydroxyl groups is 1. The summed E-state index contributed by atoms with van der Waals surface area (Å²) in [5.74, 6) is -7.16. The van der Waals surface area contributed by atoms with Crippen LogP contribution >= 0.6 is 0 Å². The monoisotopic (exact) mass is 710 g/mol. The van der Waals surface area contributed by atoms with Crippen LogP contribution < -0.4 is 0 Å². The van der Waals surface area contributed by atoms with Crippen LogP contribution in [0.4, 0.5) is 0 Å². The summed E-state index contributed by atoms with van der Waals surface area (Å²) >= 11 is 0. The van der Waals surface area contributed by atoms with Crippen LogP contribution in [0.25, 0.3) is 6.08 Å². The van der Waals surface area contributed by atoms with E-state index in [4.69, 9.17) is 28.4 Å². The van der Waals surface area contributed by atoms with E-state index in [0.29, 0.717) is 0 Å². The molecule has 4 bridgehead atoms. The van der Waals surface area contributed by atoms with E-state index in [2.05, 4.69) is 6.58 Å². The maximum absolute atomic E-state index is 14.1. The minimum atomic E-state index is -2.32. The fraction of sp³-hybridized carbons (Fsp3) is 0.579. The van der Waals surface area contributed by atoms with Crippen LogP contribution in [0.5, 0.6) is 0 Å². The Morgan fingerprint density at radius 1 is 0.902 bits per heavy atom. The number of rotatable bonds is 8. The van der Waals surface area contributed by atoms with Gasteiger partial charge in [0.1, 0.15) is 23.9 Å². The SMILES string of the molecule is C=C1[C@@H](OC(=O)C=Cc2ccccc2)C[C@H](COC(C)=O)[C@@]2(C)[C@@H](OC(C)=O)[C@H](OC(C)=O)[C@]3(O)[C@@]4(C)CO[C@]3(C)C(=O)C[C@H]4[C@@H](OC(C)=O)[C@H]12. The van der Waals surface area contributed by atoms with Gasteiger partial charge >= 0.3 is 29.8 Å². The summed E-state index contributed by atoms with van der Waals surface area (Å²) in [6, 6.07) is 9.08.